The van der Waals surface area contributed by atoms with E-state index in [1.54, 1.807) is 0 Å². The third kappa shape index (κ3) is 4.26. The molecule has 0 amide bonds. The number of benzene rings is 1. The van der Waals surface area contributed by atoms with Gasteiger partial charge in [0, 0.05) is 7.11 Å². The maximum atomic E-state index is 13.0. The van der Waals surface area contributed by atoms with Crippen molar-refractivity contribution >= 4 is 5.57 Å². The van der Waals surface area contributed by atoms with Crippen LogP contribution in [0.2, 0.25) is 0 Å². The normalized spacial score (nSPS) is 12.1. The Bertz CT molecular complexity index is 502. The summed E-state index contributed by atoms with van der Waals surface area (Å²) in [5, 5.41) is 0. The van der Waals surface area contributed by atoms with E-state index in [1.807, 2.05) is 27.7 Å². The largest absolute Gasteiger partial charge is 0.467 e. The highest BCUT2D eigenvalue weighted by Gasteiger charge is 2.34. The summed E-state index contributed by atoms with van der Waals surface area (Å²) in [5.41, 5.74) is 0.701. The van der Waals surface area contributed by atoms with Crippen LogP contribution in [-0.2, 0) is 4.74 Å². The predicted octanol–water partition coefficient (Wildman–Crippen LogP) is 5.49. The van der Waals surface area contributed by atoms with Crippen LogP contribution in [0.5, 0.6) is 5.75 Å². The van der Waals surface area contributed by atoms with Gasteiger partial charge in [0.25, 0.3) is 0 Å². The molecule has 0 saturated carbocycles. The highest BCUT2D eigenvalue weighted by atomic mass is 19.4. The standard InChI is InChI=1S/C17H23F3O2/c1-10(2)14-7-13(12(5)17(18,19)20)8-15(11(3)4)16(14)22-9-21-6/h7-8,10-11H,5,9H2,1-4,6H3. The van der Waals surface area contributed by atoms with E-state index in [-0.39, 0.29) is 24.2 Å². The maximum Gasteiger partial charge on any atom is 0.416 e. The molecule has 0 atom stereocenters. The minimum atomic E-state index is -4.45. The van der Waals surface area contributed by atoms with Crippen LogP contribution < -0.4 is 4.74 Å². The van der Waals surface area contributed by atoms with Crippen molar-refractivity contribution < 1.29 is 22.6 Å². The van der Waals surface area contributed by atoms with Gasteiger partial charge >= 0.3 is 6.18 Å². The first kappa shape index (κ1) is 18.6. The lowest BCUT2D eigenvalue weighted by Gasteiger charge is -2.22. The Balaban J connectivity index is 3.50. The molecule has 1 aromatic carbocycles. The van der Waals surface area contributed by atoms with Crippen molar-refractivity contribution in [1.29, 1.82) is 0 Å². The van der Waals surface area contributed by atoms with E-state index in [9.17, 15) is 13.2 Å². The Morgan fingerprint density at radius 2 is 1.55 bits per heavy atom. The molecule has 0 fully saturated rings. The molecule has 0 aromatic heterocycles. The Morgan fingerprint density at radius 3 is 1.86 bits per heavy atom. The second-order valence-corrected chi connectivity index (χ2v) is 5.82. The molecule has 0 unspecified atom stereocenters. The van der Waals surface area contributed by atoms with E-state index in [0.717, 1.165) is 11.1 Å². The molecule has 124 valence electrons. The van der Waals surface area contributed by atoms with Crippen LogP contribution >= 0.6 is 0 Å². The minimum Gasteiger partial charge on any atom is -0.467 e. The Labute approximate surface area is 129 Å². The average Bonchev–Trinajstić information content (AvgIpc) is 2.42. The van der Waals surface area contributed by atoms with Crippen LogP contribution in [0.1, 0.15) is 56.2 Å². The van der Waals surface area contributed by atoms with Crippen molar-refractivity contribution in [1.82, 2.24) is 0 Å². The summed E-state index contributed by atoms with van der Waals surface area (Å²) >= 11 is 0. The molecule has 5 heteroatoms. The number of hydrogen-bond acceptors (Lipinski definition) is 2. The van der Waals surface area contributed by atoms with E-state index in [4.69, 9.17) is 9.47 Å². The summed E-state index contributed by atoms with van der Waals surface area (Å²) < 4.78 is 49.4. The van der Waals surface area contributed by atoms with Gasteiger partial charge in [0.15, 0.2) is 6.79 Å². The number of methoxy groups -OCH3 is 1. The first-order chi connectivity index (χ1) is 10.1. The zero-order chi connectivity index (χ0) is 17.1. The monoisotopic (exact) mass is 316 g/mol. The first-order valence-electron chi connectivity index (χ1n) is 7.15. The molecule has 0 aliphatic rings. The van der Waals surface area contributed by atoms with Gasteiger partial charge in [-0.3, -0.25) is 0 Å². The summed E-state index contributed by atoms with van der Waals surface area (Å²) in [7, 11) is 1.50. The fraction of sp³-hybridized carbons (Fsp3) is 0.529. The molecule has 0 spiro atoms. The van der Waals surface area contributed by atoms with Crippen LogP contribution in [0.15, 0.2) is 18.7 Å². The zero-order valence-corrected chi connectivity index (χ0v) is 13.7. The molecule has 0 heterocycles. The lowest BCUT2D eigenvalue weighted by molar-refractivity contribution is -0.0686. The maximum absolute atomic E-state index is 13.0. The fourth-order valence-corrected chi connectivity index (χ4v) is 2.15. The van der Waals surface area contributed by atoms with E-state index < -0.39 is 11.7 Å². The van der Waals surface area contributed by atoms with Crippen molar-refractivity contribution in [2.24, 2.45) is 0 Å². The second-order valence-electron chi connectivity index (χ2n) is 5.82. The highest BCUT2D eigenvalue weighted by Crippen LogP contribution is 2.40. The fourth-order valence-electron chi connectivity index (χ4n) is 2.15. The molecule has 1 aromatic rings. The minimum absolute atomic E-state index is 0.0188. The van der Waals surface area contributed by atoms with Gasteiger partial charge in [-0.05, 0) is 40.7 Å². The van der Waals surface area contributed by atoms with Gasteiger partial charge in [-0.2, -0.15) is 13.2 Å². The van der Waals surface area contributed by atoms with Crippen LogP contribution in [0.3, 0.4) is 0 Å². The van der Waals surface area contributed by atoms with Crippen LogP contribution in [0, 0.1) is 0 Å². The third-order valence-electron chi connectivity index (χ3n) is 3.40. The molecule has 2 nitrogen and oxygen atoms in total. The molecule has 0 aliphatic carbocycles. The van der Waals surface area contributed by atoms with E-state index in [0.29, 0.717) is 5.75 Å². The van der Waals surface area contributed by atoms with Crippen molar-refractivity contribution in [3.05, 3.63) is 35.4 Å². The molecular formula is C17H23F3O2. The summed E-state index contributed by atoms with van der Waals surface area (Å²) in [4.78, 5) is 0. The average molecular weight is 316 g/mol. The zero-order valence-electron chi connectivity index (χ0n) is 13.7. The number of allylic oxidation sites excluding steroid dienone is 1. The van der Waals surface area contributed by atoms with Crippen LogP contribution in [0.4, 0.5) is 13.2 Å². The van der Waals surface area contributed by atoms with Crippen molar-refractivity contribution in [2.75, 3.05) is 13.9 Å². The summed E-state index contributed by atoms with van der Waals surface area (Å²) in [6.07, 6.45) is -4.45. The van der Waals surface area contributed by atoms with Gasteiger partial charge in [0.2, 0.25) is 0 Å². The van der Waals surface area contributed by atoms with Crippen LogP contribution in [0.25, 0.3) is 5.57 Å². The number of rotatable bonds is 6. The van der Waals surface area contributed by atoms with Crippen molar-refractivity contribution in [2.45, 2.75) is 45.7 Å². The molecule has 0 aliphatic heterocycles. The van der Waals surface area contributed by atoms with E-state index >= 15 is 0 Å². The summed E-state index contributed by atoms with van der Waals surface area (Å²) in [5.74, 6) is 0.640. The molecule has 22 heavy (non-hydrogen) atoms. The van der Waals surface area contributed by atoms with Gasteiger partial charge in [-0.25, -0.2) is 0 Å². The predicted molar refractivity (Wildman–Crippen MR) is 82.2 cm³/mol. The number of alkyl halides is 3. The van der Waals surface area contributed by atoms with E-state index in [2.05, 4.69) is 6.58 Å². The molecular weight excluding hydrogens is 293 g/mol. The quantitative estimate of drug-likeness (QED) is 0.646. The van der Waals surface area contributed by atoms with Gasteiger partial charge in [0.1, 0.15) is 5.75 Å². The number of halogens is 3. The smallest absolute Gasteiger partial charge is 0.416 e. The lowest BCUT2D eigenvalue weighted by atomic mass is 9.89. The molecule has 0 saturated heterocycles. The summed E-state index contributed by atoms with van der Waals surface area (Å²) in [6.45, 7) is 10.9. The first-order valence-corrected chi connectivity index (χ1v) is 7.15. The van der Waals surface area contributed by atoms with Gasteiger partial charge < -0.3 is 9.47 Å². The van der Waals surface area contributed by atoms with Crippen LogP contribution in [-0.4, -0.2) is 20.1 Å². The van der Waals surface area contributed by atoms with E-state index in [1.165, 1.54) is 19.2 Å². The van der Waals surface area contributed by atoms with Gasteiger partial charge in [-0.15, -0.1) is 0 Å². The highest BCUT2D eigenvalue weighted by molar-refractivity contribution is 5.70. The Hall–Kier alpha value is -1.49. The molecule has 1 rings (SSSR count). The van der Waals surface area contributed by atoms with Gasteiger partial charge in [-0.1, -0.05) is 34.3 Å². The number of hydrogen-bond donors (Lipinski definition) is 0. The van der Waals surface area contributed by atoms with Crippen molar-refractivity contribution in [3.8, 4) is 5.75 Å². The molecule has 0 N–H and O–H groups in total. The summed E-state index contributed by atoms with van der Waals surface area (Å²) in [6, 6.07) is 3.02. The van der Waals surface area contributed by atoms with Gasteiger partial charge in [0.05, 0.1) is 5.57 Å². The number of ether oxygens (including phenoxy) is 2. The third-order valence-corrected chi connectivity index (χ3v) is 3.40. The Morgan fingerprint density at radius 1 is 1.09 bits per heavy atom. The SMILES string of the molecule is C=C(c1cc(C(C)C)c(OCOC)c(C(C)C)c1)C(F)(F)F. The topological polar surface area (TPSA) is 18.5 Å². The molecule has 0 bridgehead atoms. The lowest BCUT2D eigenvalue weighted by Crippen LogP contribution is -2.12. The van der Waals surface area contributed by atoms with Crippen molar-refractivity contribution in [3.63, 3.8) is 0 Å². The second kappa shape index (κ2) is 7.18. The molecule has 0 radical (unpaired) electrons. The Kier molecular flexibility index (Phi) is 6.06.